The van der Waals surface area contributed by atoms with E-state index in [1.165, 1.54) is 11.3 Å². The average Bonchev–Trinajstić information content (AvgIpc) is 2.83. The molecule has 98 valence electrons. The molecular formula is C10H12BrN3O2S2. The Bertz CT molecular complexity index is 641. The van der Waals surface area contributed by atoms with Crippen molar-refractivity contribution in [3.8, 4) is 0 Å². The van der Waals surface area contributed by atoms with Gasteiger partial charge in [-0.2, -0.15) is 5.10 Å². The molecule has 2 heterocycles. The highest BCUT2D eigenvalue weighted by Gasteiger charge is 2.21. The number of aromatic amines is 1. The molecule has 2 aromatic heterocycles. The van der Waals surface area contributed by atoms with Gasteiger partial charge in [0.1, 0.15) is 4.90 Å². The van der Waals surface area contributed by atoms with Gasteiger partial charge in [-0.1, -0.05) is 0 Å². The highest BCUT2D eigenvalue weighted by molar-refractivity contribution is 9.10. The van der Waals surface area contributed by atoms with Gasteiger partial charge < -0.3 is 0 Å². The van der Waals surface area contributed by atoms with E-state index in [0.717, 1.165) is 9.35 Å². The summed E-state index contributed by atoms with van der Waals surface area (Å²) in [5.41, 5.74) is 1.03. The maximum atomic E-state index is 12.1. The number of hydrogen-bond donors (Lipinski definition) is 2. The van der Waals surface area contributed by atoms with Gasteiger partial charge in [-0.05, 0) is 35.8 Å². The van der Waals surface area contributed by atoms with Crippen molar-refractivity contribution < 1.29 is 8.42 Å². The van der Waals surface area contributed by atoms with Gasteiger partial charge in [-0.3, -0.25) is 5.10 Å². The Balaban J connectivity index is 2.18. The number of nitrogens with one attached hydrogen (secondary N) is 2. The largest absolute Gasteiger partial charge is 0.281 e. The molecule has 18 heavy (non-hydrogen) atoms. The lowest BCUT2D eigenvalue weighted by Crippen LogP contribution is -2.23. The summed E-state index contributed by atoms with van der Waals surface area (Å²) in [7, 11) is -3.52. The summed E-state index contributed by atoms with van der Waals surface area (Å²) in [5, 5.41) is 8.48. The molecule has 8 heteroatoms. The van der Waals surface area contributed by atoms with E-state index in [1.807, 2.05) is 11.4 Å². The molecule has 0 saturated carbocycles. The summed E-state index contributed by atoms with van der Waals surface area (Å²) >= 11 is 4.83. The second-order valence-corrected chi connectivity index (χ2v) is 7.43. The lowest BCUT2D eigenvalue weighted by atomic mass is 10.4. The van der Waals surface area contributed by atoms with Crippen LogP contribution in [-0.4, -0.2) is 18.6 Å². The van der Waals surface area contributed by atoms with E-state index >= 15 is 0 Å². The highest BCUT2D eigenvalue weighted by Crippen LogP contribution is 2.21. The zero-order valence-corrected chi connectivity index (χ0v) is 13.0. The fourth-order valence-electron chi connectivity index (χ4n) is 1.62. The van der Waals surface area contributed by atoms with E-state index in [4.69, 9.17) is 0 Å². The summed E-state index contributed by atoms with van der Waals surface area (Å²) in [6, 6.07) is 1.89. The summed E-state index contributed by atoms with van der Waals surface area (Å²) in [6.45, 7) is 3.64. The van der Waals surface area contributed by atoms with Crippen LogP contribution in [0.25, 0.3) is 0 Å². The predicted molar refractivity (Wildman–Crippen MR) is 74.1 cm³/mol. The molecule has 5 nitrogen and oxygen atoms in total. The zero-order chi connectivity index (χ0) is 13.3. The molecule has 0 aliphatic heterocycles. The average molecular weight is 350 g/mol. The van der Waals surface area contributed by atoms with Crippen LogP contribution < -0.4 is 4.72 Å². The maximum Gasteiger partial charge on any atom is 0.244 e. The van der Waals surface area contributed by atoms with Crippen molar-refractivity contribution in [2.45, 2.75) is 25.3 Å². The van der Waals surface area contributed by atoms with Crippen LogP contribution in [-0.2, 0) is 16.6 Å². The van der Waals surface area contributed by atoms with Crippen LogP contribution in [0.4, 0.5) is 0 Å². The molecular weight excluding hydrogens is 338 g/mol. The third kappa shape index (κ3) is 2.82. The summed E-state index contributed by atoms with van der Waals surface area (Å²) in [6.07, 6.45) is 0. The molecule has 0 saturated heterocycles. The highest BCUT2D eigenvalue weighted by atomic mass is 79.9. The summed E-state index contributed by atoms with van der Waals surface area (Å²) < 4.78 is 27.8. The molecule has 0 atom stereocenters. The Kier molecular flexibility index (Phi) is 3.90. The SMILES string of the molecule is Cc1n[nH]c(C)c1S(=O)(=O)NCc1cc(Br)cs1. The van der Waals surface area contributed by atoms with Crippen molar-refractivity contribution in [2.24, 2.45) is 0 Å². The molecule has 0 radical (unpaired) electrons. The molecule has 2 rings (SSSR count). The number of nitrogens with zero attached hydrogens (tertiary/aromatic N) is 1. The van der Waals surface area contributed by atoms with Crippen LogP contribution in [0.15, 0.2) is 20.8 Å². The minimum Gasteiger partial charge on any atom is -0.281 e. The van der Waals surface area contributed by atoms with Crippen molar-refractivity contribution in [3.05, 3.63) is 32.2 Å². The predicted octanol–water partition coefficient (Wildman–Crippen LogP) is 2.33. The third-order valence-corrected chi connectivity index (χ3v) is 5.75. The molecule has 2 N–H and O–H groups in total. The number of aromatic nitrogens is 2. The fraction of sp³-hybridized carbons (Fsp3) is 0.300. The first-order valence-electron chi connectivity index (χ1n) is 5.14. The minimum atomic E-state index is -3.52. The van der Waals surface area contributed by atoms with Crippen molar-refractivity contribution in [3.63, 3.8) is 0 Å². The first-order chi connectivity index (χ1) is 8.40. The Morgan fingerprint density at radius 3 is 2.72 bits per heavy atom. The molecule has 2 aromatic rings. The van der Waals surface area contributed by atoms with Crippen molar-refractivity contribution in [1.29, 1.82) is 0 Å². The maximum absolute atomic E-state index is 12.1. The van der Waals surface area contributed by atoms with Gasteiger partial charge in [0.05, 0.1) is 11.4 Å². The van der Waals surface area contributed by atoms with Crippen molar-refractivity contribution in [2.75, 3.05) is 0 Å². The Morgan fingerprint density at radius 1 is 1.50 bits per heavy atom. The van der Waals surface area contributed by atoms with Gasteiger partial charge in [-0.25, -0.2) is 13.1 Å². The minimum absolute atomic E-state index is 0.234. The number of thiophene rings is 1. The van der Waals surface area contributed by atoms with Gasteiger partial charge in [0.2, 0.25) is 10.0 Å². The normalized spacial score (nSPS) is 11.9. The van der Waals surface area contributed by atoms with Crippen LogP contribution >= 0.6 is 27.3 Å². The monoisotopic (exact) mass is 349 g/mol. The topological polar surface area (TPSA) is 74.8 Å². The van der Waals surface area contributed by atoms with E-state index in [2.05, 4.69) is 30.8 Å². The Labute approximate surface area is 118 Å². The van der Waals surface area contributed by atoms with Gasteiger partial charge in [0.15, 0.2) is 0 Å². The smallest absolute Gasteiger partial charge is 0.244 e. The zero-order valence-electron chi connectivity index (χ0n) is 9.82. The van der Waals surface area contributed by atoms with Crippen LogP contribution in [0.5, 0.6) is 0 Å². The molecule has 0 aliphatic rings. The Morgan fingerprint density at radius 2 is 2.22 bits per heavy atom. The van der Waals surface area contributed by atoms with Gasteiger partial charge >= 0.3 is 0 Å². The van der Waals surface area contributed by atoms with Crippen LogP contribution in [0.3, 0.4) is 0 Å². The quantitative estimate of drug-likeness (QED) is 0.889. The molecule has 0 fully saturated rings. The first kappa shape index (κ1) is 13.7. The second-order valence-electron chi connectivity index (χ2n) is 3.82. The first-order valence-corrected chi connectivity index (χ1v) is 8.30. The lowest BCUT2D eigenvalue weighted by Gasteiger charge is -2.05. The fourth-order valence-corrected chi connectivity index (χ4v) is 4.48. The van der Waals surface area contributed by atoms with Gasteiger partial charge in [0, 0.05) is 21.3 Å². The summed E-state index contributed by atoms with van der Waals surface area (Å²) in [5.74, 6) is 0. The summed E-state index contributed by atoms with van der Waals surface area (Å²) in [4.78, 5) is 1.18. The third-order valence-electron chi connectivity index (χ3n) is 2.39. The molecule has 0 aliphatic carbocycles. The van der Waals surface area contributed by atoms with E-state index in [-0.39, 0.29) is 11.4 Å². The van der Waals surface area contributed by atoms with Crippen LogP contribution in [0.2, 0.25) is 0 Å². The standard InChI is InChI=1S/C10H12BrN3O2S2/c1-6-10(7(2)14-13-6)18(15,16)12-4-9-3-8(11)5-17-9/h3,5,12H,4H2,1-2H3,(H,13,14). The molecule has 0 bridgehead atoms. The van der Waals surface area contributed by atoms with E-state index < -0.39 is 10.0 Å². The van der Waals surface area contributed by atoms with Crippen LogP contribution in [0, 0.1) is 13.8 Å². The number of rotatable bonds is 4. The number of hydrogen-bond acceptors (Lipinski definition) is 4. The number of H-pyrrole nitrogens is 1. The molecule has 0 unspecified atom stereocenters. The van der Waals surface area contributed by atoms with Crippen molar-refractivity contribution >= 4 is 37.3 Å². The van der Waals surface area contributed by atoms with E-state index in [9.17, 15) is 8.42 Å². The van der Waals surface area contributed by atoms with E-state index in [1.54, 1.807) is 13.8 Å². The molecule has 0 spiro atoms. The van der Waals surface area contributed by atoms with Gasteiger partial charge in [-0.15, -0.1) is 11.3 Å². The van der Waals surface area contributed by atoms with Gasteiger partial charge in [0.25, 0.3) is 0 Å². The number of aryl methyl sites for hydroxylation is 2. The molecule has 0 amide bonds. The lowest BCUT2D eigenvalue weighted by molar-refractivity contribution is 0.580. The number of sulfonamides is 1. The molecule has 0 aromatic carbocycles. The van der Waals surface area contributed by atoms with E-state index in [0.29, 0.717) is 11.4 Å². The van der Waals surface area contributed by atoms with Crippen molar-refractivity contribution in [1.82, 2.24) is 14.9 Å². The second kappa shape index (κ2) is 5.12. The Hall–Kier alpha value is -0.700. The number of halogens is 1. The van der Waals surface area contributed by atoms with Crippen LogP contribution in [0.1, 0.15) is 16.3 Å².